The first-order valence-corrected chi connectivity index (χ1v) is 11.1. The van der Waals surface area contributed by atoms with E-state index in [1.165, 1.54) is 22.4 Å². The Labute approximate surface area is 182 Å². The number of aliphatic imine (C=N–C) groups is 1. The average molecular weight is 413 g/mol. The minimum absolute atomic E-state index is 0.240. The predicted octanol–water partition coefficient (Wildman–Crippen LogP) is 3.39. The lowest BCUT2D eigenvalue weighted by atomic mass is 10.0. The largest absolute Gasteiger partial charge is 0.357 e. The van der Waals surface area contributed by atoms with Gasteiger partial charge in [0.1, 0.15) is 0 Å². The second-order valence-electron chi connectivity index (χ2n) is 8.32. The van der Waals surface area contributed by atoms with Crippen LogP contribution in [0.15, 0.2) is 29.3 Å². The van der Waals surface area contributed by atoms with Gasteiger partial charge in [-0.1, -0.05) is 31.2 Å². The van der Waals surface area contributed by atoms with Crippen LogP contribution in [0.25, 0.3) is 0 Å². The lowest BCUT2D eigenvalue weighted by Crippen LogP contribution is -2.43. The summed E-state index contributed by atoms with van der Waals surface area (Å²) in [7, 11) is 6.24. The van der Waals surface area contributed by atoms with Gasteiger partial charge in [-0.15, -0.1) is 0 Å². The zero-order valence-corrected chi connectivity index (χ0v) is 20.1. The van der Waals surface area contributed by atoms with Crippen molar-refractivity contribution in [1.82, 2.24) is 25.3 Å². The molecule has 0 bridgehead atoms. The Morgan fingerprint density at radius 1 is 1.17 bits per heavy atom. The molecule has 166 valence electrons. The number of nitrogens with one attached hydrogen (secondary N) is 2. The molecule has 1 heterocycles. The van der Waals surface area contributed by atoms with Crippen LogP contribution in [0.5, 0.6) is 0 Å². The molecule has 0 fully saturated rings. The third kappa shape index (κ3) is 6.33. The normalized spacial score (nSPS) is 14.1. The molecular weight excluding hydrogens is 372 g/mol. The second kappa shape index (κ2) is 11.2. The van der Waals surface area contributed by atoms with Gasteiger partial charge in [-0.3, -0.25) is 9.67 Å². The zero-order chi connectivity index (χ0) is 22.3. The highest BCUT2D eigenvalue weighted by atomic mass is 15.3. The van der Waals surface area contributed by atoms with Crippen molar-refractivity contribution in [3.63, 3.8) is 0 Å². The molecule has 1 aromatic heterocycles. The standard InChI is InChI=1S/C24H40N6/c1-9-20-11-13-21(14-12-20)23(29(6)7)16-26-24(25-10-2)27-17(3)15-22-18(4)28-30(8)19(22)5/h11-14,17,23H,9-10,15-16H2,1-8H3,(H2,25,26,27). The molecule has 0 amide bonds. The fourth-order valence-corrected chi connectivity index (χ4v) is 3.74. The van der Waals surface area contributed by atoms with Gasteiger partial charge in [-0.2, -0.15) is 5.10 Å². The van der Waals surface area contributed by atoms with E-state index in [1.807, 2.05) is 11.7 Å². The Hall–Kier alpha value is -2.34. The number of aromatic nitrogens is 2. The van der Waals surface area contributed by atoms with Gasteiger partial charge in [0.2, 0.25) is 0 Å². The Morgan fingerprint density at radius 2 is 1.83 bits per heavy atom. The number of benzene rings is 1. The summed E-state index contributed by atoms with van der Waals surface area (Å²) >= 11 is 0. The fraction of sp³-hybridized carbons (Fsp3) is 0.583. The minimum Gasteiger partial charge on any atom is -0.357 e. The molecular formula is C24H40N6. The smallest absolute Gasteiger partial charge is 0.191 e. The van der Waals surface area contributed by atoms with Crippen molar-refractivity contribution in [3.8, 4) is 0 Å². The number of rotatable bonds is 9. The molecule has 2 atom stereocenters. The van der Waals surface area contributed by atoms with E-state index in [2.05, 4.69) is 93.6 Å². The van der Waals surface area contributed by atoms with Gasteiger partial charge in [0, 0.05) is 25.3 Å². The summed E-state index contributed by atoms with van der Waals surface area (Å²) in [5.74, 6) is 0.862. The molecule has 0 spiro atoms. The van der Waals surface area contributed by atoms with Crippen molar-refractivity contribution in [1.29, 1.82) is 0 Å². The van der Waals surface area contributed by atoms with E-state index in [0.717, 1.165) is 31.0 Å². The molecule has 1 aromatic carbocycles. The van der Waals surface area contributed by atoms with Crippen LogP contribution in [0.1, 0.15) is 54.9 Å². The average Bonchev–Trinajstić information content (AvgIpc) is 2.94. The summed E-state index contributed by atoms with van der Waals surface area (Å²) in [5, 5.41) is 11.5. The molecule has 2 unspecified atom stereocenters. The van der Waals surface area contributed by atoms with Crippen molar-refractivity contribution in [2.45, 2.75) is 59.5 Å². The zero-order valence-electron chi connectivity index (χ0n) is 20.1. The summed E-state index contributed by atoms with van der Waals surface area (Å²) < 4.78 is 1.96. The van der Waals surface area contributed by atoms with E-state index in [4.69, 9.17) is 4.99 Å². The second-order valence-corrected chi connectivity index (χ2v) is 8.32. The minimum atomic E-state index is 0.240. The molecule has 0 aliphatic heterocycles. The maximum atomic E-state index is 4.92. The molecule has 6 heteroatoms. The first-order chi connectivity index (χ1) is 14.3. The van der Waals surface area contributed by atoms with Crippen LogP contribution in [0, 0.1) is 13.8 Å². The van der Waals surface area contributed by atoms with E-state index >= 15 is 0 Å². The van der Waals surface area contributed by atoms with E-state index in [9.17, 15) is 0 Å². The Kier molecular flexibility index (Phi) is 8.90. The summed E-state index contributed by atoms with van der Waals surface area (Å²) in [5.41, 5.74) is 6.31. The number of aryl methyl sites for hydroxylation is 3. The molecule has 0 aliphatic rings. The van der Waals surface area contributed by atoms with Crippen molar-refractivity contribution in [2.75, 3.05) is 27.2 Å². The molecule has 2 aromatic rings. The third-order valence-electron chi connectivity index (χ3n) is 5.71. The van der Waals surface area contributed by atoms with Crippen molar-refractivity contribution in [3.05, 3.63) is 52.3 Å². The van der Waals surface area contributed by atoms with Crippen molar-refractivity contribution >= 4 is 5.96 Å². The fourth-order valence-electron chi connectivity index (χ4n) is 3.74. The van der Waals surface area contributed by atoms with Crippen LogP contribution >= 0.6 is 0 Å². The highest BCUT2D eigenvalue weighted by molar-refractivity contribution is 5.80. The van der Waals surface area contributed by atoms with Crippen molar-refractivity contribution < 1.29 is 0 Å². The van der Waals surface area contributed by atoms with Crippen LogP contribution in [0.2, 0.25) is 0 Å². The number of hydrogen-bond donors (Lipinski definition) is 2. The van der Waals surface area contributed by atoms with Crippen molar-refractivity contribution in [2.24, 2.45) is 12.0 Å². The molecule has 2 N–H and O–H groups in total. The maximum Gasteiger partial charge on any atom is 0.191 e. The molecule has 30 heavy (non-hydrogen) atoms. The van der Waals surface area contributed by atoms with E-state index < -0.39 is 0 Å². The summed E-state index contributed by atoms with van der Waals surface area (Å²) in [4.78, 5) is 7.15. The number of hydrogen-bond acceptors (Lipinski definition) is 3. The molecule has 0 saturated carbocycles. The quantitative estimate of drug-likeness (QED) is 0.490. The van der Waals surface area contributed by atoms with E-state index in [-0.39, 0.29) is 12.1 Å². The predicted molar refractivity (Wildman–Crippen MR) is 127 cm³/mol. The number of guanidine groups is 1. The molecule has 0 saturated heterocycles. The Balaban J connectivity index is 2.10. The highest BCUT2D eigenvalue weighted by Crippen LogP contribution is 2.19. The van der Waals surface area contributed by atoms with E-state index in [0.29, 0.717) is 6.54 Å². The van der Waals surface area contributed by atoms with Gasteiger partial charge in [0.25, 0.3) is 0 Å². The van der Waals surface area contributed by atoms with Gasteiger partial charge < -0.3 is 15.5 Å². The first kappa shape index (κ1) is 23.9. The summed E-state index contributed by atoms with van der Waals surface area (Å²) in [6, 6.07) is 9.40. The van der Waals surface area contributed by atoms with Crippen LogP contribution in [-0.4, -0.2) is 53.9 Å². The van der Waals surface area contributed by atoms with Crippen LogP contribution in [-0.2, 0) is 19.9 Å². The monoisotopic (exact) mass is 412 g/mol. The molecule has 2 rings (SSSR count). The van der Waals surface area contributed by atoms with Gasteiger partial charge in [0.15, 0.2) is 5.96 Å². The Bertz CT molecular complexity index is 819. The lowest BCUT2D eigenvalue weighted by Gasteiger charge is -2.24. The van der Waals surface area contributed by atoms with Crippen LogP contribution in [0.3, 0.4) is 0 Å². The molecule has 0 aliphatic carbocycles. The SMILES string of the molecule is CCNC(=NCC(c1ccc(CC)cc1)N(C)C)NC(C)Cc1c(C)nn(C)c1C. The van der Waals surface area contributed by atoms with E-state index in [1.54, 1.807) is 0 Å². The van der Waals surface area contributed by atoms with Crippen LogP contribution < -0.4 is 10.6 Å². The van der Waals surface area contributed by atoms with Gasteiger partial charge in [0.05, 0.1) is 18.3 Å². The van der Waals surface area contributed by atoms with Gasteiger partial charge in [-0.25, -0.2) is 0 Å². The summed E-state index contributed by atoms with van der Waals surface area (Å²) in [6.45, 7) is 12.2. The Morgan fingerprint density at radius 3 is 2.33 bits per heavy atom. The number of likely N-dealkylation sites (N-methyl/N-ethyl adjacent to an activating group) is 1. The maximum absolute atomic E-state index is 4.92. The van der Waals surface area contributed by atoms with Gasteiger partial charge >= 0.3 is 0 Å². The topological polar surface area (TPSA) is 57.5 Å². The van der Waals surface area contributed by atoms with Crippen LogP contribution in [0.4, 0.5) is 0 Å². The molecule has 6 nitrogen and oxygen atoms in total. The molecule has 0 radical (unpaired) electrons. The van der Waals surface area contributed by atoms with Gasteiger partial charge in [-0.05, 0) is 71.3 Å². The summed E-state index contributed by atoms with van der Waals surface area (Å²) in [6.07, 6.45) is 1.98. The third-order valence-corrected chi connectivity index (χ3v) is 5.71. The first-order valence-electron chi connectivity index (χ1n) is 11.1. The highest BCUT2D eigenvalue weighted by Gasteiger charge is 2.16. The lowest BCUT2D eigenvalue weighted by molar-refractivity contribution is 0.306. The number of nitrogens with zero attached hydrogens (tertiary/aromatic N) is 4.